The van der Waals surface area contributed by atoms with Gasteiger partial charge in [-0.15, -0.1) is 0 Å². The third kappa shape index (κ3) is 3.22. The van der Waals surface area contributed by atoms with Gasteiger partial charge in [0, 0.05) is 3.57 Å². The Balaban J connectivity index is 3.58. The van der Waals surface area contributed by atoms with Gasteiger partial charge in [-0.1, -0.05) is 47.6 Å². The lowest BCUT2D eigenvalue weighted by molar-refractivity contribution is 0.565. The van der Waals surface area contributed by atoms with Gasteiger partial charge in [-0.3, -0.25) is 0 Å². The van der Waals surface area contributed by atoms with Crippen molar-refractivity contribution >= 4 is 22.6 Å². The van der Waals surface area contributed by atoms with Crippen molar-refractivity contribution in [2.45, 2.75) is 52.4 Å². The van der Waals surface area contributed by atoms with Gasteiger partial charge in [-0.05, 0) is 50.6 Å². The van der Waals surface area contributed by atoms with Crippen LogP contribution in [-0.2, 0) is 10.8 Å². The molecule has 0 aliphatic heterocycles. The van der Waals surface area contributed by atoms with E-state index in [2.05, 4.69) is 76.3 Å². The summed E-state index contributed by atoms with van der Waals surface area (Å²) in [6.45, 7) is 13.1. The van der Waals surface area contributed by atoms with Crippen LogP contribution in [0, 0.1) is 14.9 Å². The molecule has 0 aliphatic rings. The second-order valence-corrected chi connectivity index (χ2v) is 7.58. The first-order chi connectivity index (χ1) is 7.57. The van der Waals surface area contributed by atoms with Crippen molar-refractivity contribution in [2.24, 2.45) is 0 Å². The summed E-state index contributed by atoms with van der Waals surface area (Å²) in [5.41, 5.74) is 3.45. The van der Waals surface area contributed by atoms with Crippen LogP contribution in [0.3, 0.4) is 0 Å². The van der Waals surface area contributed by atoms with E-state index in [1.807, 2.05) is 6.07 Å². The van der Waals surface area contributed by atoms with Crippen LogP contribution in [0.25, 0.3) is 0 Å². The molecule has 0 fully saturated rings. The number of hydrogen-bond acceptors (Lipinski definition) is 1. The van der Waals surface area contributed by atoms with E-state index in [1.54, 1.807) is 0 Å². The van der Waals surface area contributed by atoms with Crippen LogP contribution in [-0.4, -0.2) is 0 Å². The Morgan fingerprint density at radius 2 is 1.53 bits per heavy atom. The number of rotatable bonds is 0. The highest BCUT2D eigenvalue weighted by Crippen LogP contribution is 2.34. The fourth-order valence-corrected chi connectivity index (χ4v) is 2.93. The van der Waals surface area contributed by atoms with Gasteiger partial charge in [0.2, 0.25) is 0 Å². The van der Waals surface area contributed by atoms with Crippen LogP contribution in [0.15, 0.2) is 12.1 Å². The van der Waals surface area contributed by atoms with Crippen molar-refractivity contribution in [1.82, 2.24) is 0 Å². The topological polar surface area (TPSA) is 23.8 Å². The van der Waals surface area contributed by atoms with E-state index in [1.165, 1.54) is 11.1 Å². The summed E-state index contributed by atoms with van der Waals surface area (Å²) in [5, 5.41) is 9.24. The SMILES string of the molecule is CC(C)(C)c1cc(C#N)c(I)c(C(C)(C)C)c1. The first-order valence-corrected chi connectivity index (χ1v) is 6.90. The molecule has 92 valence electrons. The number of nitriles is 1. The summed E-state index contributed by atoms with van der Waals surface area (Å²) in [6.07, 6.45) is 0. The molecule has 1 rings (SSSR count). The summed E-state index contributed by atoms with van der Waals surface area (Å²) in [5.74, 6) is 0. The molecule has 0 aromatic heterocycles. The Morgan fingerprint density at radius 3 is 1.88 bits per heavy atom. The molecule has 0 spiro atoms. The van der Waals surface area contributed by atoms with E-state index in [-0.39, 0.29) is 10.8 Å². The summed E-state index contributed by atoms with van der Waals surface area (Å²) in [6, 6.07) is 6.59. The van der Waals surface area contributed by atoms with Crippen molar-refractivity contribution in [2.75, 3.05) is 0 Å². The Labute approximate surface area is 118 Å². The van der Waals surface area contributed by atoms with Gasteiger partial charge in [-0.25, -0.2) is 0 Å². The number of benzene rings is 1. The Bertz CT molecular complexity index is 467. The fourth-order valence-electron chi connectivity index (χ4n) is 1.68. The van der Waals surface area contributed by atoms with Gasteiger partial charge in [0.1, 0.15) is 6.07 Å². The third-order valence-corrected chi connectivity index (χ3v) is 4.03. The zero-order valence-electron chi connectivity index (χ0n) is 11.5. The maximum Gasteiger partial charge on any atom is 0.100 e. The number of hydrogen-bond donors (Lipinski definition) is 0. The molecular formula is C15H20IN. The summed E-state index contributed by atoms with van der Waals surface area (Å²) in [7, 11) is 0. The van der Waals surface area contributed by atoms with E-state index < -0.39 is 0 Å². The molecule has 2 heteroatoms. The predicted octanol–water partition coefficient (Wildman–Crippen LogP) is 4.76. The molecule has 0 unspecified atom stereocenters. The molecule has 0 bridgehead atoms. The van der Waals surface area contributed by atoms with Crippen LogP contribution in [0.5, 0.6) is 0 Å². The molecule has 1 nitrogen and oxygen atoms in total. The van der Waals surface area contributed by atoms with Crippen LogP contribution in [0.2, 0.25) is 0 Å². The second kappa shape index (κ2) is 4.61. The average Bonchev–Trinajstić information content (AvgIpc) is 2.14. The molecule has 1 aromatic carbocycles. The molecule has 1 aromatic rings. The quantitative estimate of drug-likeness (QED) is 0.624. The van der Waals surface area contributed by atoms with Crippen molar-refractivity contribution in [3.05, 3.63) is 32.4 Å². The normalized spacial score (nSPS) is 12.4. The zero-order valence-corrected chi connectivity index (χ0v) is 13.6. The molecule has 0 atom stereocenters. The molecule has 0 amide bonds. The number of halogens is 1. The minimum absolute atomic E-state index is 0.0728. The van der Waals surface area contributed by atoms with Gasteiger partial charge in [0.25, 0.3) is 0 Å². The van der Waals surface area contributed by atoms with Gasteiger partial charge < -0.3 is 0 Å². The molecule has 0 saturated heterocycles. The van der Waals surface area contributed by atoms with E-state index in [4.69, 9.17) is 0 Å². The fraction of sp³-hybridized carbons (Fsp3) is 0.533. The summed E-state index contributed by atoms with van der Waals surface area (Å²) < 4.78 is 1.09. The molecule has 0 heterocycles. The molecule has 0 saturated carbocycles. The maximum atomic E-state index is 9.24. The van der Waals surface area contributed by atoms with Crippen molar-refractivity contribution < 1.29 is 0 Å². The molecule has 0 radical (unpaired) electrons. The minimum Gasteiger partial charge on any atom is -0.192 e. The Kier molecular flexibility index (Phi) is 3.93. The lowest BCUT2D eigenvalue weighted by atomic mass is 9.80. The van der Waals surface area contributed by atoms with Gasteiger partial charge >= 0.3 is 0 Å². The van der Waals surface area contributed by atoms with Gasteiger partial charge in [-0.2, -0.15) is 5.26 Å². The van der Waals surface area contributed by atoms with Crippen LogP contribution in [0.4, 0.5) is 0 Å². The Morgan fingerprint density at radius 1 is 1.00 bits per heavy atom. The summed E-state index contributed by atoms with van der Waals surface area (Å²) >= 11 is 2.29. The first kappa shape index (κ1) is 14.5. The first-order valence-electron chi connectivity index (χ1n) is 5.82. The van der Waals surface area contributed by atoms with Gasteiger partial charge in [0.05, 0.1) is 5.56 Å². The molecule has 0 N–H and O–H groups in total. The molecule has 0 aliphatic carbocycles. The van der Waals surface area contributed by atoms with Crippen molar-refractivity contribution in [3.8, 4) is 6.07 Å². The van der Waals surface area contributed by atoms with Crippen molar-refractivity contribution in [3.63, 3.8) is 0 Å². The third-order valence-electron chi connectivity index (χ3n) is 2.87. The monoisotopic (exact) mass is 341 g/mol. The summed E-state index contributed by atoms with van der Waals surface area (Å²) in [4.78, 5) is 0. The standard InChI is InChI=1S/C15H20IN/c1-14(2,3)11-7-10(9-17)13(16)12(8-11)15(4,5)6/h7-8H,1-6H3. The molecular weight excluding hydrogens is 321 g/mol. The zero-order chi connectivity index (χ0) is 13.4. The van der Waals surface area contributed by atoms with E-state index >= 15 is 0 Å². The van der Waals surface area contributed by atoms with Gasteiger partial charge in [0.15, 0.2) is 0 Å². The highest BCUT2D eigenvalue weighted by atomic mass is 127. The average molecular weight is 341 g/mol. The largest absolute Gasteiger partial charge is 0.192 e. The number of nitrogens with zero attached hydrogens (tertiary/aromatic N) is 1. The highest BCUT2D eigenvalue weighted by molar-refractivity contribution is 14.1. The van der Waals surface area contributed by atoms with Crippen LogP contribution in [0.1, 0.15) is 58.2 Å². The van der Waals surface area contributed by atoms with Crippen molar-refractivity contribution in [1.29, 1.82) is 5.26 Å². The Hall–Kier alpha value is -0.560. The smallest absolute Gasteiger partial charge is 0.100 e. The molecule has 17 heavy (non-hydrogen) atoms. The highest BCUT2D eigenvalue weighted by Gasteiger charge is 2.23. The lowest BCUT2D eigenvalue weighted by Crippen LogP contribution is -2.18. The van der Waals surface area contributed by atoms with Crippen LogP contribution >= 0.6 is 22.6 Å². The van der Waals surface area contributed by atoms with Crippen LogP contribution < -0.4 is 0 Å². The maximum absolute atomic E-state index is 9.24. The van der Waals surface area contributed by atoms with E-state index in [9.17, 15) is 5.26 Å². The minimum atomic E-state index is 0.0728. The van der Waals surface area contributed by atoms with E-state index in [0.717, 1.165) is 9.13 Å². The predicted molar refractivity (Wildman–Crippen MR) is 81.3 cm³/mol. The lowest BCUT2D eigenvalue weighted by Gasteiger charge is -2.26. The van der Waals surface area contributed by atoms with E-state index in [0.29, 0.717) is 0 Å². The second-order valence-electron chi connectivity index (χ2n) is 6.50.